The van der Waals surface area contributed by atoms with Gasteiger partial charge in [0.2, 0.25) is 0 Å². The Hall–Kier alpha value is -1.04. The highest BCUT2D eigenvalue weighted by molar-refractivity contribution is 5.15. The zero-order valence-corrected chi connectivity index (χ0v) is 19.7. The summed E-state index contributed by atoms with van der Waals surface area (Å²) in [5.74, 6) is 0.382. The fourth-order valence-corrected chi connectivity index (χ4v) is 5.34. The van der Waals surface area contributed by atoms with Crippen LogP contribution in [0.2, 0.25) is 0 Å². The van der Waals surface area contributed by atoms with Crippen molar-refractivity contribution in [2.75, 3.05) is 41.7 Å². The van der Waals surface area contributed by atoms with Crippen molar-refractivity contribution in [1.29, 1.82) is 0 Å². The highest BCUT2D eigenvalue weighted by atomic mass is 16.5. The van der Waals surface area contributed by atoms with Crippen LogP contribution >= 0.6 is 0 Å². The van der Waals surface area contributed by atoms with Gasteiger partial charge in [-0.1, -0.05) is 27.7 Å². The van der Waals surface area contributed by atoms with Gasteiger partial charge in [-0.05, 0) is 47.7 Å². The molecule has 0 radical (unpaired) electrons. The van der Waals surface area contributed by atoms with E-state index >= 15 is 0 Å². The van der Waals surface area contributed by atoms with Gasteiger partial charge in [0.1, 0.15) is 0 Å². The molecule has 0 saturated heterocycles. The molecule has 2 aliphatic carbocycles. The Labute approximate surface area is 177 Å². The lowest BCUT2D eigenvalue weighted by Crippen LogP contribution is -2.46. The summed E-state index contributed by atoms with van der Waals surface area (Å²) < 4.78 is 29.0. The molecule has 2 aliphatic rings. The number of hydrogen-bond acceptors (Lipinski definition) is 5. The maximum Gasteiger partial charge on any atom is 0.0821 e. The van der Waals surface area contributed by atoms with Crippen molar-refractivity contribution in [2.45, 2.75) is 65.6 Å². The quantitative estimate of drug-likeness (QED) is 0.529. The maximum absolute atomic E-state index is 6.36. The molecule has 4 atom stereocenters. The Morgan fingerprint density at radius 2 is 1.10 bits per heavy atom. The van der Waals surface area contributed by atoms with Gasteiger partial charge in [-0.15, -0.1) is 0 Å². The topological polar surface area (TPSA) is 46.2 Å². The molecule has 2 fully saturated rings. The van der Waals surface area contributed by atoms with Crippen LogP contribution < -0.4 is 0 Å². The van der Waals surface area contributed by atoms with E-state index in [1.54, 1.807) is 28.4 Å². The minimum Gasteiger partial charge on any atom is -0.504 e. The van der Waals surface area contributed by atoms with Gasteiger partial charge < -0.3 is 23.7 Å². The van der Waals surface area contributed by atoms with Crippen LogP contribution in [0.25, 0.3) is 0 Å². The van der Waals surface area contributed by atoms with Crippen LogP contribution in [0.3, 0.4) is 0 Å². The number of ether oxygens (including phenoxy) is 5. The Bertz CT molecular complexity index is 528. The first-order chi connectivity index (χ1) is 13.7. The summed E-state index contributed by atoms with van der Waals surface area (Å²) in [4.78, 5) is 0. The van der Waals surface area contributed by atoms with Crippen LogP contribution in [0.1, 0.15) is 53.4 Å². The zero-order chi connectivity index (χ0) is 21.7. The second-order valence-electron chi connectivity index (χ2n) is 9.90. The van der Waals surface area contributed by atoms with E-state index in [2.05, 4.69) is 27.7 Å². The smallest absolute Gasteiger partial charge is 0.0821 e. The van der Waals surface area contributed by atoms with Gasteiger partial charge in [-0.3, -0.25) is 0 Å². The van der Waals surface area contributed by atoms with Crippen LogP contribution in [0.5, 0.6) is 0 Å². The molecule has 0 amide bonds. The van der Waals surface area contributed by atoms with Crippen LogP contribution in [-0.2, 0) is 23.7 Å². The van der Waals surface area contributed by atoms with Crippen LogP contribution in [-0.4, -0.2) is 53.9 Å². The zero-order valence-electron chi connectivity index (χ0n) is 19.7. The summed E-state index contributed by atoms with van der Waals surface area (Å²) in [6.45, 7) is 10.3. The Balaban J connectivity index is 2.14. The lowest BCUT2D eigenvalue weighted by atomic mass is 9.67. The molecule has 168 valence electrons. The Kier molecular flexibility index (Phi) is 8.62. The summed E-state index contributed by atoms with van der Waals surface area (Å²) >= 11 is 0. The van der Waals surface area contributed by atoms with Gasteiger partial charge in [0.25, 0.3) is 0 Å². The molecule has 5 nitrogen and oxygen atoms in total. The van der Waals surface area contributed by atoms with Crippen molar-refractivity contribution in [3.8, 4) is 0 Å². The molecule has 0 aliphatic heterocycles. The average Bonchev–Trinajstić information content (AvgIpc) is 2.65. The minimum atomic E-state index is 0.104. The van der Waals surface area contributed by atoms with Gasteiger partial charge in [0, 0.05) is 26.1 Å². The maximum atomic E-state index is 6.36. The SMILES string of the molecule is COC=C1CCC(C)(C)[C@H](OC)[C@H]1COC[C@H]1C(=COC)CCC(C)(C)[C@@H]1OC. The summed E-state index contributed by atoms with van der Waals surface area (Å²) in [5, 5.41) is 0. The van der Waals surface area contributed by atoms with E-state index < -0.39 is 0 Å². The Morgan fingerprint density at radius 3 is 1.41 bits per heavy atom. The molecule has 0 heterocycles. The van der Waals surface area contributed by atoms with Crippen molar-refractivity contribution < 1.29 is 23.7 Å². The fraction of sp³-hybridized carbons (Fsp3) is 0.833. The van der Waals surface area contributed by atoms with E-state index in [1.807, 2.05) is 12.5 Å². The molecular weight excluding hydrogens is 368 g/mol. The van der Waals surface area contributed by atoms with E-state index in [9.17, 15) is 0 Å². The molecule has 5 heteroatoms. The molecule has 0 bridgehead atoms. The second-order valence-corrected chi connectivity index (χ2v) is 9.90. The van der Waals surface area contributed by atoms with E-state index in [-0.39, 0.29) is 34.9 Å². The summed E-state index contributed by atoms with van der Waals surface area (Å²) in [5.41, 5.74) is 2.77. The first kappa shape index (κ1) is 24.2. The van der Waals surface area contributed by atoms with E-state index in [4.69, 9.17) is 23.7 Å². The number of methoxy groups -OCH3 is 4. The van der Waals surface area contributed by atoms with Gasteiger partial charge in [0.05, 0.1) is 52.2 Å². The van der Waals surface area contributed by atoms with Crippen molar-refractivity contribution in [3.63, 3.8) is 0 Å². The van der Waals surface area contributed by atoms with Gasteiger partial charge >= 0.3 is 0 Å². The molecule has 0 N–H and O–H groups in total. The third-order valence-corrected chi connectivity index (χ3v) is 6.98. The normalized spacial score (nSPS) is 34.3. The van der Waals surface area contributed by atoms with Crippen LogP contribution in [0.15, 0.2) is 23.7 Å². The summed E-state index contributed by atoms with van der Waals surface area (Å²) in [7, 11) is 7.03. The molecule has 2 saturated carbocycles. The largest absolute Gasteiger partial charge is 0.504 e. The predicted molar refractivity (Wildman–Crippen MR) is 116 cm³/mol. The summed E-state index contributed by atoms with van der Waals surface area (Å²) in [6, 6.07) is 0. The molecule has 0 aromatic heterocycles. The lowest BCUT2D eigenvalue weighted by molar-refractivity contribution is -0.0905. The van der Waals surface area contributed by atoms with E-state index in [0.29, 0.717) is 13.2 Å². The van der Waals surface area contributed by atoms with Gasteiger partial charge in [0.15, 0.2) is 0 Å². The van der Waals surface area contributed by atoms with Crippen molar-refractivity contribution in [3.05, 3.63) is 23.7 Å². The van der Waals surface area contributed by atoms with Gasteiger partial charge in [-0.25, -0.2) is 0 Å². The Morgan fingerprint density at radius 1 is 0.724 bits per heavy atom. The molecular formula is C24H42O5. The summed E-state index contributed by atoms with van der Waals surface area (Å²) in [6.07, 6.45) is 8.17. The molecule has 0 spiro atoms. The highest BCUT2D eigenvalue weighted by Crippen LogP contribution is 2.45. The first-order valence-corrected chi connectivity index (χ1v) is 10.8. The average molecular weight is 411 g/mol. The van der Waals surface area contributed by atoms with E-state index in [0.717, 1.165) is 25.7 Å². The highest BCUT2D eigenvalue weighted by Gasteiger charge is 2.44. The monoisotopic (exact) mass is 410 g/mol. The fourth-order valence-electron chi connectivity index (χ4n) is 5.34. The molecule has 29 heavy (non-hydrogen) atoms. The van der Waals surface area contributed by atoms with Crippen LogP contribution in [0, 0.1) is 22.7 Å². The lowest BCUT2D eigenvalue weighted by Gasteiger charge is -2.45. The number of rotatable bonds is 8. The van der Waals surface area contributed by atoms with Crippen molar-refractivity contribution >= 4 is 0 Å². The van der Waals surface area contributed by atoms with Crippen molar-refractivity contribution in [1.82, 2.24) is 0 Å². The molecule has 0 aromatic carbocycles. The third kappa shape index (κ3) is 5.56. The minimum absolute atomic E-state index is 0.104. The molecule has 2 rings (SSSR count). The third-order valence-electron chi connectivity index (χ3n) is 6.98. The van der Waals surface area contributed by atoms with Crippen molar-refractivity contribution in [2.24, 2.45) is 22.7 Å². The predicted octanol–water partition coefficient (Wildman–Crippen LogP) is 4.97. The first-order valence-electron chi connectivity index (χ1n) is 10.8. The molecule has 0 aromatic rings. The van der Waals surface area contributed by atoms with Gasteiger partial charge in [-0.2, -0.15) is 0 Å². The number of hydrogen-bond donors (Lipinski definition) is 0. The standard InChI is InChI=1S/C24H42O5/c1-23(2)11-9-17(13-25-5)19(21(23)27-7)15-29-16-20-18(14-26-6)10-12-24(3,4)22(20)28-8/h13-14,19-22H,9-12,15-16H2,1-8H3/t19-,20-,21+,22+/m0/s1. The van der Waals surface area contributed by atoms with E-state index in [1.165, 1.54) is 11.1 Å². The van der Waals surface area contributed by atoms with Crippen LogP contribution in [0.4, 0.5) is 0 Å². The second kappa shape index (κ2) is 10.3. The molecule has 0 unspecified atom stereocenters.